The summed E-state index contributed by atoms with van der Waals surface area (Å²) in [5.41, 5.74) is 0. The van der Waals surface area contributed by atoms with Gasteiger partial charge in [0.25, 0.3) is 0 Å². The summed E-state index contributed by atoms with van der Waals surface area (Å²) in [5, 5.41) is 37.3. The Bertz CT molecular complexity index is 201. The van der Waals surface area contributed by atoms with E-state index in [1.165, 1.54) is 7.11 Å². The summed E-state index contributed by atoms with van der Waals surface area (Å²) in [4.78, 5) is 0. The van der Waals surface area contributed by atoms with Crippen LogP contribution in [-0.2, 0) is 9.47 Å². The molecule has 1 fully saturated rings. The van der Waals surface area contributed by atoms with E-state index >= 15 is 0 Å². The van der Waals surface area contributed by atoms with Crippen molar-refractivity contribution in [1.82, 2.24) is 0 Å². The third kappa shape index (κ3) is 2.03. The van der Waals surface area contributed by atoms with E-state index in [2.05, 4.69) is 0 Å². The number of aliphatic hydroxyl groups excluding tert-OH is 4. The fraction of sp³-hybridized carbons (Fsp3) is 1.00. The lowest BCUT2D eigenvalue weighted by atomic mass is 9.99. The molecule has 1 rings (SSSR count). The highest BCUT2D eigenvalue weighted by atomic mass is 127. The molecule has 1 heterocycles. The fourth-order valence-electron chi connectivity index (χ4n) is 1.25. The summed E-state index contributed by atoms with van der Waals surface area (Å²) >= 11 is 1.67. The number of alkyl halides is 1. The molecule has 1 aliphatic heterocycles. The second kappa shape index (κ2) is 4.56. The largest absolute Gasteiger partial charge is 0.392 e. The van der Waals surface area contributed by atoms with Crippen LogP contribution in [0.4, 0.5) is 0 Å². The van der Waals surface area contributed by atoms with Crippen molar-refractivity contribution in [3.05, 3.63) is 0 Å². The van der Waals surface area contributed by atoms with Crippen molar-refractivity contribution in [3.63, 3.8) is 0 Å². The maximum Gasteiger partial charge on any atom is 0.187 e. The van der Waals surface area contributed by atoms with Gasteiger partial charge in [0.15, 0.2) is 9.90 Å². The van der Waals surface area contributed by atoms with Crippen LogP contribution in [0.3, 0.4) is 0 Å². The van der Waals surface area contributed by atoms with E-state index in [0.29, 0.717) is 0 Å². The number of halogens is 1. The second-order valence-corrected chi connectivity index (χ2v) is 4.92. The van der Waals surface area contributed by atoms with Crippen molar-refractivity contribution in [2.75, 3.05) is 13.7 Å². The molecule has 1 saturated heterocycles. The van der Waals surface area contributed by atoms with Gasteiger partial charge in [-0.3, -0.25) is 0 Å². The first-order chi connectivity index (χ1) is 6.46. The maximum absolute atomic E-state index is 9.52. The predicted octanol–water partition coefficient (Wildman–Crippen LogP) is -1.80. The highest BCUT2D eigenvalue weighted by Gasteiger charge is 2.52. The average Bonchev–Trinajstić information content (AvgIpc) is 2.20. The Morgan fingerprint density at radius 2 is 1.93 bits per heavy atom. The van der Waals surface area contributed by atoms with Crippen molar-refractivity contribution < 1.29 is 29.9 Å². The smallest absolute Gasteiger partial charge is 0.187 e. The van der Waals surface area contributed by atoms with E-state index in [9.17, 15) is 15.3 Å². The third-order valence-electron chi connectivity index (χ3n) is 2.15. The van der Waals surface area contributed by atoms with Gasteiger partial charge in [0.2, 0.25) is 0 Å². The highest BCUT2D eigenvalue weighted by molar-refractivity contribution is 14.1. The van der Waals surface area contributed by atoms with Gasteiger partial charge in [-0.2, -0.15) is 0 Å². The van der Waals surface area contributed by atoms with Crippen molar-refractivity contribution in [2.24, 2.45) is 0 Å². The van der Waals surface area contributed by atoms with Crippen LogP contribution in [0.15, 0.2) is 0 Å². The molecular weight excluding hydrogens is 307 g/mol. The molecule has 6 nitrogen and oxygen atoms in total. The first-order valence-electron chi connectivity index (χ1n) is 4.01. The van der Waals surface area contributed by atoms with E-state index in [1.807, 2.05) is 0 Å². The van der Waals surface area contributed by atoms with Crippen LogP contribution in [0.1, 0.15) is 0 Å². The molecule has 0 bridgehead atoms. The Labute approximate surface area is 94.6 Å². The molecule has 0 spiro atoms. The lowest BCUT2D eigenvalue weighted by Gasteiger charge is -2.44. The normalized spacial score (nSPS) is 49.3. The lowest BCUT2D eigenvalue weighted by Crippen LogP contribution is -2.63. The molecular formula is C7H13IO6. The van der Waals surface area contributed by atoms with Crippen molar-refractivity contribution in [1.29, 1.82) is 0 Å². The first-order valence-corrected chi connectivity index (χ1v) is 5.08. The predicted molar refractivity (Wildman–Crippen MR) is 53.7 cm³/mol. The molecule has 0 aromatic heterocycles. The molecule has 84 valence electrons. The number of hydrogen-bond acceptors (Lipinski definition) is 6. The summed E-state index contributed by atoms with van der Waals surface area (Å²) < 4.78 is 8.53. The topological polar surface area (TPSA) is 99.4 Å². The average molecular weight is 320 g/mol. The molecule has 5 atom stereocenters. The molecule has 0 amide bonds. The van der Waals surface area contributed by atoms with Gasteiger partial charge in [-0.25, -0.2) is 0 Å². The van der Waals surface area contributed by atoms with Crippen LogP contribution < -0.4 is 0 Å². The van der Waals surface area contributed by atoms with Gasteiger partial charge in [0, 0.05) is 7.11 Å². The van der Waals surface area contributed by atoms with E-state index < -0.39 is 34.8 Å². The second-order valence-electron chi connectivity index (χ2n) is 3.09. The standard InChI is InChI=1S/C7H13IO6/c1-13-6-4(11)3(10)5(12)7(8,2-9)14-6/h3-6,9-12H,2H2,1H3/t3-,4+,5-,6+,7?/m1/s1. The molecule has 1 unspecified atom stereocenters. The number of methoxy groups -OCH3 is 1. The molecule has 7 heteroatoms. The lowest BCUT2D eigenvalue weighted by molar-refractivity contribution is -0.300. The number of aliphatic hydroxyl groups is 4. The molecule has 14 heavy (non-hydrogen) atoms. The Hall–Kier alpha value is 0.490. The quantitative estimate of drug-likeness (QED) is 0.354. The Balaban J connectivity index is 2.84. The zero-order valence-corrected chi connectivity index (χ0v) is 9.66. The van der Waals surface area contributed by atoms with E-state index in [4.69, 9.17) is 14.6 Å². The molecule has 0 saturated carbocycles. The van der Waals surface area contributed by atoms with Crippen LogP contribution in [0.25, 0.3) is 0 Å². The van der Waals surface area contributed by atoms with Gasteiger partial charge < -0.3 is 29.9 Å². The van der Waals surface area contributed by atoms with Gasteiger partial charge in [0.1, 0.15) is 18.3 Å². The zero-order valence-electron chi connectivity index (χ0n) is 7.50. The summed E-state index contributed by atoms with van der Waals surface area (Å²) in [6, 6.07) is 0. The zero-order chi connectivity index (χ0) is 10.9. The minimum absolute atomic E-state index is 0.488. The van der Waals surface area contributed by atoms with E-state index in [0.717, 1.165) is 0 Å². The van der Waals surface area contributed by atoms with E-state index in [1.54, 1.807) is 22.6 Å². The van der Waals surface area contributed by atoms with Gasteiger partial charge in [0.05, 0.1) is 6.61 Å². The third-order valence-corrected chi connectivity index (χ3v) is 3.39. The summed E-state index contributed by atoms with van der Waals surface area (Å²) in [5.74, 6) is 0. The molecule has 4 N–H and O–H groups in total. The molecule has 0 radical (unpaired) electrons. The van der Waals surface area contributed by atoms with Crippen LogP contribution in [-0.4, -0.2) is 62.4 Å². The van der Waals surface area contributed by atoms with E-state index in [-0.39, 0.29) is 0 Å². The van der Waals surface area contributed by atoms with Crippen LogP contribution >= 0.6 is 22.6 Å². The number of hydrogen-bond donors (Lipinski definition) is 4. The monoisotopic (exact) mass is 320 g/mol. The molecule has 1 aliphatic rings. The fourth-order valence-corrected chi connectivity index (χ4v) is 1.87. The number of ether oxygens (including phenoxy) is 2. The van der Waals surface area contributed by atoms with Gasteiger partial charge >= 0.3 is 0 Å². The number of rotatable bonds is 2. The first kappa shape index (κ1) is 12.6. The SMILES string of the molecule is CO[C@H]1OC(I)(CO)[C@H](O)[C@H](O)[C@@H]1O. The Kier molecular flexibility index (Phi) is 4.09. The maximum atomic E-state index is 9.52. The van der Waals surface area contributed by atoms with Crippen molar-refractivity contribution in [2.45, 2.75) is 28.2 Å². The van der Waals surface area contributed by atoms with Gasteiger partial charge in [-0.1, -0.05) is 0 Å². The summed E-state index contributed by atoms with van der Waals surface area (Å²) in [6.45, 7) is -0.488. The highest BCUT2D eigenvalue weighted by Crippen LogP contribution is 2.35. The Morgan fingerprint density at radius 1 is 1.36 bits per heavy atom. The van der Waals surface area contributed by atoms with Crippen LogP contribution in [0.5, 0.6) is 0 Å². The molecule has 0 aliphatic carbocycles. The minimum atomic E-state index is -1.40. The minimum Gasteiger partial charge on any atom is -0.392 e. The van der Waals surface area contributed by atoms with Gasteiger partial charge in [-0.15, -0.1) is 0 Å². The van der Waals surface area contributed by atoms with Crippen LogP contribution in [0.2, 0.25) is 0 Å². The van der Waals surface area contributed by atoms with Crippen LogP contribution in [0, 0.1) is 0 Å². The Morgan fingerprint density at radius 3 is 2.36 bits per heavy atom. The van der Waals surface area contributed by atoms with Crippen molar-refractivity contribution in [3.8, 4) is 0 Å². The summed E-state index contributed by atoms with van der Waals surface area (Å²) in [7, 11) is 1.30. The van der Waals surface area contributed by atoms with Gasteiger partial charge in [-0.05, 0) is 22.6 Å². The summed E-state index contributed by atoms with van der Waals surface area (Å²) in [6.07, 6.45) is -5.16. The van der Waals surface area contributed by atoms with Crippen molar-refractivity contribution >= 4 is 22.6 Å². The molecule has 0 aromatic carbocycles. The molecule has 0 aromatic rings.